The maximum absolute atomic E-state index is 14.4. The number of rotatable bonds is 6. The largest absolute Gasteiger partial charge is 0.467 e. The molecule has 1 aromatic carbocycles. The molecule has 10 heteroatoms. The molecule has 1 aromatic heterocycles. The zero-order chi connectivity index (χ0) is 20.1. The second-order valence-electron chi connectivity index (χ2n) is 6.16. The predicted octanol–water partition coefficient (Wildman–Crippen LogP) is 2.64. The van der Waals surface area contributed by atoms with Crippen molar-refractivity contribution in [1.29, 1.82) is 0 Å². The van der Waals surface area contributed by atoms with E-state index in [4.69, 9.17) is 4.74 Å². The Labute approximate surface area is 157 Å². The summed E-state index contributed by atoms with van der Waals surface area (Å²) in [5, 5.41) is 3.15. The number of alkyl halides is 3. The van der Waals surface area contributed by atoms with E-state index in [1.54, 1.807) is 6.07 Å². The van der Waals surface area contributed by atoms with Gasteiger partial charge in [0.25, 0.3) is 0 Å². The molecule has 1 aliphatic rings. The van der Waals surface area contributed by atoms with E-state index in [1.165, 1.54) is 12.1 Å². The molecule has 0 amide bonds. The van der Waals surface area contributed by atoms with Crippen LogP contribution >= 0.6 is 0 Å². The Bertz CT molecular complexity index is 822. The SMILES string of the molecule is O=C(Cc1ccc([C@H]2CNCCO2)cc1F)c1cnc(OCC(F)(F)F)cn1. The zero-order valence-corrected chi connectivity index (χ0v) is 14.6. The molecule has 0 saturated carbocycles. The smallest absolute Gasteiger partial charge is 0.422 e. The van der Waals surface area contributed by atoms with Crippen molar-refractivity contribution in [2.75, 3.05) is 26.3 Å². The average molecular weight is 399 g/mol. The molecule has 1 N–H and O–H groups in total. The van der Waals surface area contributed by atoms with Crippen LogP contribution in [0.5, 0.6) is 5.88 Å². The van der Waals surface area contributed by atoms with Crippen molar-refractivity contribution in [2.45, 2.75) is 18.7 Å². The van der Waals surface area contributed by atoms with E-state index in [-0.39, 0.29) is 29.7 Å². The highest BCUT2D eigenvalue weighted by atomic mass is 19.4. The number of nitrogens with one attached hydrogen (secondary N) is 1. The molecule has 1 fully saturated rings. The van der Waals surface area contributed by atoms with Gasteiger partial charge in [-0.3, -0.25) is 4.79 Å². The number of benzene rings is 1. The fourth-order valence-electron chi connectivity index (χ4n) is 2.64. The minimum Gasteiger partial charge on any atom is -0.467 e. The van der Waals surface area contributed by atoms with Crippen LogP contribution in [-0.2, 0) is 11.2 Å². The molecule has 0 aliphatic carbocycles. The number of aromatic nitrogens is 2. The van der Waals surface area contributed by atoms with Crippen molar-refractivity contribution >= 4 is 5.78 Å². The van der Waals surface area contributed by atoms with Crippen LogP contribution in [0, 0.1) is 5.82 Å². The summed E-state index contributed by atoms with van der Waals surface area (Å²) in [6.07, 6.45) is -3.08. The lowest BCUT2D eigenvalue weighted by atomic mass is 10.0. The van der Waals surface area contributed by atoms with Crippen molar-refractivity contribution < 1.29 is 31.8 Å². The second-order valence-corrected chi connectivity index (χ2v) is 6.16. The number of carbonyl (C=O) groups excluding carboxylic acids is 1. The number of hydrogen-bond acceptors (Lipinski definition) is 6. The maximum Gasteiger partial charge on any atom is 0.422 e. The van der Waals surface area contributed by atoms with Crippen LogP contribution < -0.4 is 10.1 Å². The van der Waals surface area contributed by atoms with E-state index >= 15 is 0 Å². The first-order valence-electron chi connectivity index (χ1n) is 8.47. The molecule has 2 aromatic rings. The van der Waals surface area contributed by atoms with Crippen molar-refractivity contribution in [1.82, 2.24) is 15.3 Å². The highest BCUT2D eigenvalue weighted by molar-refractivity contribution is 5.95. The Balaban J connectivity index is 1.62. The van der Waals surface area contributed by atoms with Gasteiger partial charge in [0, 0.05) is 19.5 Å². The molecule has 1 aliphatic heterocycles. The maximum atomic E-state index is 14.4. The topological polar surface area (TPSA) is 73.3 Å². The third-order valence-corrected chi connectivity index (χ3v) is 4.03. The number of hydrogen-bond donors (Lipinski definition) is 1. The number of carbonyl (C=O) groups is 1. The van der Waals surface area contributed by atoms with Crippen LogP contribution in [0.1, 0.15) is 27.7 Å². The van der Waals surface area contributed by atoms with Gasteiger partial charge in [-0.15, -0.1) is 0 Å². The van der Waals surface area contributed by atoms with E-state index in [9.17, 15) is 22.4 Å². The van der Waals surface area contributed by atoms with Crippen LogP contribution in [0.15, 0.2) is 30.6 Å². The minimum absolute atomic E-state index is 0.0948. The number of halogens is 4. The van der Waals surface area contributed by atoms with Crippen molar-refractivity contribution in [3.05, 3.63) is 53.2 Å². The Morgan fingerprint density at radius 1 is 1.29 bits per heavy atom. The number of ketones is 1. The molecular formula is C18H17F4N3O3. The molecule has 0 unspecified atom stereocenters. The molecule has 3 rings (SSSR count). The Morgan fingerprint density at radius 2 is 2.11 bits per heavy atom. The van der Waals surface area contributed by atoms with Crippen molar-refractivity contribution in [3.63, 3.8) is 0 Å². The van der Waals surface area contributed by atoms with Crippen LogP contribution in [0.3, 0.4) is 0 Å². The van der Waals surface area contributed by atoms with Crippen LogP contribution in [0.2, 0.25) is 0 Å². The molecule has 1 atom stereocenters. The average Bonchev–Trinajstić information content (AvgIpc) is 2.68. The fourth-order valence-corrected chi connectivity index (χ4v) is 2.64. The fraction of sp³-hybridized carbons (Fsp3) is 0.389. The van der Waals surface area contributed by atoms with Gasteiger partial charge in [0.15, 0.2) is 12.4 Å². The van der Waals surface area contributed by atoms with Gasteiger partial charge in [-0.2, -0.15) is 13.2 Å². The lowest BCUT2D eigenvalue weighted by molar-refractivity contribution is -0.154. The summed E-state index contributed by atoms with van der Waals surface area (Å²) in [7, 11) is 0. The predicted molar refractivity (Wildman–Crippen MR) is 89.6 cm³/mol. The van der Waals surface area contributed by atoms with Gasteiger partial charge in [0.2, 0.25) is 5.88 Å². The number of morpholine rings is 1. The molecule has 0 radical (unpaired) electrons. The highest BCUT2D eigenvalue weighted by Gasteiger charge is 2.28. The number of ether oxygens (including phenoxy) is 2. The van der Waals surface area contributed by atoms with Gasteiger partial charge in [-0.25, -0.2) is 14.4 Å². The third kappa shape index (κ3) is 5.46. The van der Waals surface area contributed by atoms with Gasteiger partial charge in [0.1, 0.15) is 11.5 Å². The van der Waals surface area contributed by atoms with Gasteiger partial charge < -0.3 is 14.8 Å². The molecule has 28 heavy (non-hydrogen) atoms. The van der Waals surface area contributed by atoms with E-state index in [0.29, 0.717) is 18.7 Å². The van der Waals surface area contributed by atoms with E-state index in [2.05, 4.69) is 20.0 Å². The first-order valence-corrected chi connectivity index (χ1v) is 8.47. The Hall–Kier alpha value is -2.59. The molecule has 0 spiro atoms. The summed E-state index contributed by atoms with van der Waals surface area (Å²) in [6.45, 7) is 0.351. The van der Waals surface area contributed by atoms with E-state index in [1.807, 2.05) is 0 Å². The molecular weight excluding hydrogens is 382 g/mol. The number of Topliss-reactive ketones (excluding diaryl/α,β-unsaturated/α-hetero) is 1. The van der Waals surface area contributed by atoms with Crippen molar-refractivity contribution in [2.24, 2.45) is 0 Å². The van der Waals surface area contributed by atoms with E-state index < -0.39 is 24.4 Å². The molecule has 150 valence electrons. The zero-order valence-electron chi connectivity index (χ0n) is 14.6. The first-order chi connectivity index (χ1) is 13.3. The summed E-state index contributed by atoms with van der Waals surface area (Å²) in [6, 6.07) is 4.54. The highest BCUT2D eigenvalue weighted by Crippen LogP contribution is 2.22. The van der Waals surface area contributed by atoms with Crippen LogP contribution in [-0.4, -0.2) is 48.2 Å². The van der Waals surface area contributed by atoms with E-state index in [0.717, 1.165) is 18.9 Å². The molecule has 0 bridgehead atoms. The standard InChI is InChI=1S/C18H17F4N3O3/c19-13-5-12(16-8-23-3-4-27-16)2-1-11(13)6-15(26)14-7-25-17(9-24-14)28-10-18(20,21)22/h1-2,5,7,9,16,23H,3-4,6,8,10H2/t16-/m1/s1. The Morgan fingerprint density at radius 3 is 2.71 bits per heavy atom. The van der Waals surface area contributed by atoms with Crippen LogP contribution in [0.4, 0.5) is 17.6 Å². The van der Waals surface area contributed by atoms with Gasteiger partial charge in [-0.1, -0.05) is 12.1 Å². The normalized spacial score (nSPS) is 17.4. The first kappa shape index (κ1) is 20.2. The lowest BCUT2D eigenvalue weighted by Crippen LogP contribution is -2.33. The minimum atomic E-state index is -4.50. The van der Waals surface area contributed by atoms with Gasteiger partial charge in [-0.05, 0) is 17.2 Å². The molecule has 1 saturated heterocycles. The second kappa shape index (κ2) is 8.61. The summed E-state index contributed by atoms with van der Waals surface area (Å²) < 4.78 is 60.7. The molecule has 2 heterocycles. The third-order valence-electron chi connectivity index (χ3n) is 4.03. The quantitative estimate of drug-likeness (QED) is 0.595. The van der Waals surface area contributed by atoms with Gasteiger partial charge in [0.05, 0.1) is 25.1 Å². The molecule has 6 nitrogen and oxygen atoms in total. The monoisotopic (exact) mass is 399 g/mol. The summed E-state index contributed by atoms with van der Waals surface area (Å²) >= 11 is 0. The summed E-state index contributed by atoms with van der Waals surface area (Å²) in [5.41, 5.74) is 0.756. The van der Waals surface area contributed by atoms with Crippen LogP contribution in [0.25, 0.3) is 0 Å². The van der Waals surface area contributed by atoms with Gasteiger partial charge >= 0.3 is 6.18 Å². The lowest BCUT2D eigenvalue weighted by Gasteiger charge is -2.24. The Kier molecular flexibility index (Phi) is 6.20. The summed E-state index contributed by atoms with van der Waals surface area (Å²) in [5.74, 6) is -1.42. The summed E-state index contributed by atoms with van der Waals surface area (Å²) in [4.78, 5) is 19.6. The number of nitrogens with zero attached hydrogens (tertiary/aromatic N) is 2. The van der Waals surface area contributed by atoms with Crippen molar-refractivity contribution in [3.8, 4) is 5.88 Å².